The molecule has 2 N–H and O–H groups in total. The minimum absolute atomic E-state index is 0.107. The van der Waals surface area contributed by atoms with E-state index in [-0.39, 0.29) is 12.1 Å². The second-order valence-electron chi connectivity index (χ2n) is 5.71. The van der Waals surface area contributed by atoms with Gasteiger partial charge in [-0.1, -0.05) is 31.5 Å². The fourth-order valence-corrected chi connectivity index (χ4v) is 3.63. The summed E-state index contributed by atoms with van der Waals surface area (Å²) in [7, 11) is 0. The summed E-state index contributed by atoms with van der Waals surface area (Å²) in [6.07, 6.45) is -0.174. The van der Waals surface area contributed by atoms with Crippen LogP contribution in [0.5, 0.6) is 5.75 Å². The lowest BCUT2D eigenvalue weighted by molar-refractivity contribution is 0.184. The van der Waals surface area contributed by atoms with Crippen LogP contribution in [0.4, 0.5) is 0 Å². The Kier molecular flexibility index (Phi) is 5.31. The summed E-state index contributed by atoms with van der Waals surface area (Å²) in [5.74, 6) is 1.36. The van der Waals surface area contributed by atoms with Crippen molar-refractivity contribution in [2.75, 3.05) is 0 Å². The molecule has 0 aliphatic heterocycles. The van der Waals surface area contributed by atoms with Crippen LogP contribution in [0.15, 0.2) is 30.3 Å². The molecule has 114 valence electrons. The molecule has 0 fully saturated rings. The summed E-state index contributed by atoms with van der Waals surface area (Å²) in [5.41, 5.74) is 8.67. The number of thiophene rings is 1. The van der Waals surface area contributed by atoms with E-state index in [2.05, 4.69) is 32.9 Å². The van der Waals surface area contributed by atoms with E-state index in [0.29, 0.717) is 5.92 Å². The molecule has 1 heterocycles. The van der Waals surface area contributed by atoms with Crippen LogP contribution in [0.3, 0.4) is 0 Å². The fourth-order valence-electron chi connectivity index (χ4n) is 2.42. The van der Waals surface area contributed by atoms with E-state index in [4.69, 9.17) is 22.1 Å². The Morgan fingerprint density at radius 1 is 1.14 bits per heavy atom. The molecule has 4 heteroatoms. The monoisotopic (exact) mass is 323 g/mol. The van der Waals surface area contributed by atoms with Crippen LogP contribution in [-0.2, 0) is 0 Å². The third-order valence-electron chi connectivity index (χ3n) is 3.48. The number of nitrogens with two attached hydrogens (primary N) is 1. The smallest absolute Gasteiger partial charge is 0.148 e. The standard InChI is InChI=1S/C17H22ClNOS/c1-10(2)14-6-5-13(9-11(14)3)20-17(12(4)19)15-7-8-16(18)21-15/h5-10,12,17H,19H2,1-4H3. The van der Waals surface area contributed by atoms with Crippen molar-refractivity contribution in [1.82, 2.24) is 0 Å². The average Bonchev–Trinajstić information content (AvgIpc) is 2.81. The van der Waals surface area contributed by atoms with Gasteiger partial charge in [-0.05, 0) is 55.2 Å². The fraction of sp³-hybridized carbons (Fsp3) is 0.412. The van der Waals surface area contributed by atoms with Crippen molar-refractivity contribution in [3.05, 3.63) is 50.7 Å². The minimum Gasteiger partial charge on any atom is -0.483 e. The highest BCUT2D eigenvalue weighted by Gasteiger charge is 2.20. The van der Waals surface area contributed by atoms with Crippen LogP contribution < -0.4 is 10.5 Å². The molecule has 2 rings (SSSR count). The van der Waals surface area contributed by atoms with Gasteiger partial charge in [0, 0.05) is 10.9 Å². The zero-order chi connectivity index (χ0) is 15.6. The van der Waals surface area contributed by atoms with Crippen molar-refractivity contribution in [3.8, 4) is 5.75 Å². The predicted molar refractivity (Wildman–Crippen MR) is 91.6 cm³/mol. The minimum atomic E-state index is -0.174. The molecule has 0 aliphatic carbocycles. The Hall–Kier alpha value is -1.03. The summed E-state index contributed by atoms with van der Waals surface area (Å²) in [6, 6.07) is 10.00. The zero-order valence-corrected chi connectivity index (χ0v) is 14.5. The molecule has 0 saturated carbocycles. The van der Waals surface area contributed by atoms with E-state index in [0.717, 1.165) is 15.0 Å². The zero-order valence-electron chi connectivity index (χ0n) is 12.9. The lowest BCUT2D eigenvalue weighted by Gasteiger charge is -2.22. The summed E-state index contributed by atoms with van der Waals surface area (Å²) in [5, 5.41) is 0. The van der Waals surface area contributed by atoms with Crippen LogP contribution in [0, 0.1) is 6.92 Å². The van der Waals surface area contributed by atoms with Crippen LogP contribution >= 0.6 is 22.9 Å². The van der Waals surface area contributed by atoms with Gasteiger partial charge in [0.1, 0.15) is 11.9 Å². The largest absolute Gasteiger partial charge is 0.483 e. The van der Waals surface area contributed by atoms with Crippen molar-refractivity contribution >= 4 is 22.9 Å². The molecular weight excluding hydrogens is 302 g/mol. The van der Waals surface area contributed by atoms with Crippen LogP contribution in [-0.4, -0.2) is 6.04 Å². The third-order valence-corrected chi connectivity index (χ3v) is 4.77. The molecule has 21 heavy (non-hydrogen) atoms. The maximum Gasteiger partial charge on any atom is 0.148 e. The van der Waals surface area contributed by atoms with Crippen molar-refractivity contribution in [2.45, 2.75) is 45.8 Å². The molecule has 2 aromatic rings. The average molecular weight is 324 g/mol. The van der Waals surface area contributed by atoms with Gasteiger partial charge < -0.3 is 10.5 Å². The van der Waals surface area contributed by atoms with Crippen molar-refractivity contribution < 1.29 is 4.74 Å². The van der Waals surface area contributed by atoms with Gasteiger partial charge >= 0.3 is 0 Å². The predicted octanol–water partition coefficient (Wildman–Crippen LogP) is 5.30. The van der Waals surface area contributed by atoms with E-state index in [9.17, 15) is 0 Å². The molecule has 2 atom stereocenters. The lowest BCUT2D eigenvalue weighted by Crippen LogP contribution is -2.28. The lowest BCUT2D eigenvalue weighted by atomic mass is 9.98. The normalized spacial score (nSPS) is 14.2. The van der Waals surface area contributed by atoms with Gasteiger partial charge in [-0.15, -0.1) is 11.3 Å². The maximum absolute atomic E-state index is 6.12. The van der Waals surface area contributed by atoms with E-state index < -0.39 is 0 Å². The van der Waals surface area contributed by atoms with Gasteiger partial charge in [0.15, 0.2) is 0 Å². The molecule has 0 saturated heterocycles. The van der Waals surface area contributed by atoms with Gasteiger partial charge in [0.25, 0.3) is 0 Å². The molecule has 1 aromatic carbocycles. The Morgan fingerprint density at radius 3 is 2.33 bits per heavy atom. The summed E-state index contributed by atoms with van der Waals surface area (Å²) >= 11 is 7.53. The molecule has 1 aromatic heterocycles. The van der Waals surface area contributed by atoms with Gasteiger partial charge in [-0.25, -0.2) is 0 Å². The number of halogens is 1. The molecule has 0 radical (unpaired) electrons. The van der Waals surface area contributed by atoms with Gasteiger partial charge in [-0.2, -0.15) is 0 Å². The number of rotatable bonds is 5. The Bertz CT molecular complexity index is 607. The highest BCUT2D eigenvalue weighted by atomic mass is 35.5. The SMILES string of the molecule is Cc1cc(OC(c2ccc(Cl)s2)C(C)N)ccc1C(C)C. The Balaban J connectivity index is 2.23. The van der Waals surface area contributed by atoms with Gasteiger partial charge in [0.2, 0.25) is 0 Å². The molecule has 0 amide bonds. The van der Waals surface area contributed by atoms with E-state index in [1.165, 1.54) is 22.5 Å². The van der Waals surface area contributed by atoms with E-state index in [1.54, 1.807) is 0 Å². The maximum atomic E-state index is 6.12. The Morgan fingerprint density at radius 2 is 1.86 bits per heavy atom. The molecule has 2 nitrogen and oxygen atoms in total. The van der Waals surface area contributed by atoms with Crippen molar-refractivity contribution in [2.24, 2.45) is 5.73 Å². The van der Waals surface area contributed by atoms with E-state index >= 15 is 0 Å². The van der Waals surface area contributed by atoms with Crippen LogP contribution in [0.2, 0.25) is 4.34 Å². The summed E-state index contributed by atoms with van der Waals surface area (Å²) in [6.45, 7) is 8.46. The topological polar surface area (TPSA) is 35.2 Å². The van der Waals surface area contributed by atoms with Crippen LogP contribution in [0.1, 0.15) is 48.8 Å². The molecule has 0 aliphatic rings. The van der Waals surface area contributed by atoms with Gasteiger partial charge in [0.05, 0.1) is 4.34 Å². The first-order valence-electron chi connectivity index (χ1n) is 7.16. The van der Waals surface area contributed by atoms with E-state index in [1.807, 2.05) is 25.1 Å². The highest BCUT2D eigenvalue weighted by Crippen LogP contribution is 2.33. The molecule has 0 bridgehead atoms. The molecular formula is C17H22ClNOS. The number of benzene rings is 1. The van der Waals surface area contributed by atoms with Gasteiger partial charge in [-0.3, -0.25) is 0 Å². The number of ether oxygens (including phenoxy) is 1. The van der Waals surface area contributed by atoms with Crippen molar-refractivity contribution in [1.29, 1.82) is 0 Å². The molecule has 2 unspecified atom stereocenters. The second-order valence-corrected chi connectivity index (χ2v) is 7.46. The first-order chi connectivity index (χ1) is 9.88. The number of aryl methyl sites for hydroxylation is 1. The first kappa shape index (κ1) is 16.3. The quantitative estimate of drug-likeness (QED) is 0.810. The molecule has 0 spiro atoms. The van der Waals surface area contributed by atoms with Crippen LogP contribution in [0.25, 0.3) is 0 Å². The first-order valence-corrected chi connectivity index (χ1v) is 8.36. The Labute approximate surface area is 135 Å². The third kappa shape index (κ3) is 4.00. The highest BCUT2D eigenvalue weighted by molar-refractivity contribution is 7.16. The summed E-state index contributed by atoms with van der Waals surface area (Å²) < 4.78 is 6.87. The summed E-state index contributed by atoms with van der Waals surface area (Å²) in [4.78, 5) is 1.06. The number of hydrogen-bond acceptors (Lipinski definition) is 3. The number of hydrogen-bond donors (Lipinski definition) is 1. The second kappa shape index (κ2) is 6.82. The van der Waals surface area contributed by atoms with Crippen molar-refractivity contribution in [3.63, 3.8) is 0 Å².